The van der Waals surface area contributed by atoms with Gasteiger partial charge in [0.2, 0.25) is 0 Å². The summed E-state index contributed by atoms with van der Waals surface area (Å²) in [4.78, 5) is 27.0. The minimum Gasteiger partial charge on any atom is -0.396 e. The molecule has 2 aromatic rings. The van der Waals surface area contributed by atoms with Crippen LogP contribution in [0.4, 0.5) is 0 Å². The lowest BCUT2D eigenvalue weighted by atomic mass is 9.97. The monoisotopic (exact) mass is 341 g/mol. The molecule has 6 nitrogen and oxygen atoms in total. The number of amides is 1. The van der Waals surface area contributed by atoms with Gasteiger partial charge in [0.05, 0.1) is 22.6 Å². The molecular weight excluding hydrogens is 318 g/mol. The minimum absolute atomic E-state index is 0.137. The molecule has 0 bridgehead atoms. The SMILES string of the molecule is Cc1nn(-c2ccccc2)c(C)c1C(=O)C(=O)N1CCC(CO)CC1. The molecule has 3 rings (SSSR count). The van der Waals surface area contributed by atoms with Crippen LogP contribution in [0.5, 0.6) is 0 Å². The first kappa shape index (κ1) is 17.4. The molecule has 25 heavy (non-hydrogen) atoms. The Morgan fingerprint density at radius 2 is 1.80 bits per heavy atom. The van der Waals surface area contributed by atoms with Crippen LogP contribution in [0.15, 0.2) is 30.3 Å². The number of carbonyl (C=O) groups excluding carboxylic acids is 2. The second-order valence-corrected chi connectivity index (χ2v) is 6.54. The smallest absolute Gasteiger partial charge is 0.295 e. The van der Waals surface area contributed by atoms with Gasteiger partial charge in [0.25, 0.3) is 11.7 Å². The van der Waals surface area contributed by atoms with Crippen LogP contribution in [0.1, 0.15) is 34.6 Å². The number of likely N-dealkylation sites (tertiary alicyclic amines) is 1. The van der Waals surface area contributed by atoms with Gasteiger partial charge in [0.1, 0.15) is 0 Å². The first-order valence-electron chi connectivity index (χ1n) is 8.59. The topological polar surface area (TPSA) is 75.4 Å². The molecule has 6 heteroatoms. The summed E-state index contributed by atoms with van der Waals surface area (Å²) < 4.78 is 1.70. The highest BCUT2D eigenvalue weighted by molar-refractivity contribution is 6.43. The Kier molecular flexibility index (Phi) is 4.99. The van der Waals surface area contributed by atoms with Gasteiger partial charge in [-0.1, -0.05) is 18.2 Å². The van der Waals surface area contributed by atoms with Crippen LogP contribution in [0.3, 0.4) is 0 Å². The van der Waals surface area contributed by atoms with Crippen molar-refractivity contribution in [3.63, 3.8) is 0 Å². The van der Waals surface area contributed by atoms with Gasteiger partial charge in [0.15, 0.2) is 0 Å². The number of nitrogens with zero attached hydrogens (tertiary/aromatic N) is 3. The first-order chi connectivity index (χ1) is 12.0. The van der Waals surface area contributed by atoms with Crippen LogP contribution in [0, 0.1) is 19.8 Å². The number of aryl methyl sites for hydroxylation is 1. The third kappa shape index (κ3) is 3.35. The highest BCUT2D eigenvalue weighted by Crippen LogP contribution is 2.21. The molecule has 1 aliphatic rings. The summed E-state index contributed by atoms with van der Waals surface area (Å²) in [5, 5.41) is 13.7. The van der Waals surface area contributed by atoms with Gasteiger partial charge in [-0.2, -0.15) is 5.10 Å². The molecule has 0 atom stereocenters. The first-order valence-corrected chi connectivity index (χ1v) is 8.59. The fourth-order valence-corrected chi connectivity index (χ4v) is 3.36. The quantitative estimate of drug-likeness (QED) is 0.681. The molecule has 1 fully saturated rings. The summed E-state index contributed by atoms with van der Waals surface area (Å²) >= 11 is 0. The van der Waals surface area contributed by atoms with Crippen LogP contribution in [-0.4, -0.2) is 51.2 Å². The summed E-state index contributed by atoms with van der Waals surface area (Å²) in [5.74, 6) is -0.752. The van der Waals surface area contributed by atoms with Gasteiger partial charge >= 0.3 is 0 Å². The number of aromatic nitrogens is 2. The fourth-order valence-electron chi connectivity index (χ4n) is 3.36. The Hall–Kier alpha value is -2.47. The summed E-state index contributed by atoms with van der Waals surface area (Å²) in [6.45, 7) is 4.73. The van der Waals surface area contributed by atoms with Gasteiger partial charge in [-0.05, 0) is 44.7 Å². The molecule has 0 radical (unpaired) electrons. The largest absolute Gasteiger partial charge is 0.396 e. The molecular formula is C19H23N3O3. The van der Waals surface area contributed by atoms with Crippen molar-refractivity contribution >= 4 is 11.7 Å². The summed E-state index contributed by atoms with van der Waals surface area (Å²) in [7, 11) is 0. The van der Waals surface area contributed by atoms with Gasteiger partial charge < -0.3 is 10.0 Å². The Bertz CT molecular complexity index is 775. The number of aliphatic hydroxyl groups is 1. The third-order valence-corrected chi connectivity index (χ3v) is 4.87. The zero-order valence-corrected chi connectivity index (χ0v) is 14.6. The second kappa shape index (κ2) is 7.19. The number of rotatable bonds is 4. The average molecular weight is 341 g/mol. The number of hydrogen-bond donors (Lipinski definition) is 1. The number of piperidine rings is 1. The minimum atomic E-state index is -0.500. The van der Waals surface area contributed by atoms with E-state index >= 15 is 0 Å². The van der Waals surface area contributed by atoms with E-state index in [4.69, 9.17) is 0 Å². The fraction of sp³-hybridized carbons (Fsp3) is 0.421. The maximum Gasteiger partial charge on any atom is 0.295 e. The predicted octanol–water partition coefficient (Wildman–Crippen LogP) is 1.90. The van der Waals surface area contributed by atoms with E-state index in [1.807, 2.05) is 37.3 Å². The van der Waals surface area contributed by atoms with E-state index in [2.05, 4.69) is 5.10 Å². The lowest BCUT2D eigenvalue weighted by Gasteiger charge is -2.30. The van der Waals surface area contributed by atoms with Gasteiger partial charge in [-0.15, -0.1) is 0 Å². The van der Waals surface area contributed by atoms with Crippen LogP contribution in [0.25, 0.3) is 5.69 Å². The lowest BCUT2D eigenvalue weighted by molar-refractivity contribution is -0.128. The van der Waals surface area contributed by atoms with Crippen molar-refractivity contribution in [3.05, 3.63) is 47.3 Å². The molecule has 0 spiro atoms. The number of aliphatic hydroxyl groups excluding tert-OH is 1. The van der Waals surface area contributed by atoms with E-state index in [0.717, 1.165) is 18.5 Å². The molecule has 1 aliphatic heterocycles. The van der Waals surface area contributed by atoms with Gasteiger partial charge in [-0.25, -0.2) is 4.68 Å². The number of ketones is 1. The maximum absolute atomic E-state index is 12.8. The molecule has 132 valence electrons. The van der Waals surface area contributed by atoms with Crippen LogP contribution in [-0.2, 0) is 4.79 Å². The zero-order valence-electron chi connectivity index (χ0n) is 14.6. The highest BCUT2D eigenvalue weighted by Gasteiger charge is 2.31. The van der Waals surface area contributed by atoms with Crippen molar-refractivity contribution in [2.75, 3.05) is 19.7 Å². The number of para-hydroxylation sites is 1. The summed E-state index contributed by atoms with van der Waals surface area (Å²) in [5.41, 5.74) is 2.48. The lowest BCUT2D eigenvalue weighted by Crippen LogP contribution is -2.42. The predicted molar refractivity (Wildman–Crippen MR) is 93.8 cm³/mol. The van der Waals surface area contributed by atoms with Gasteiger partial charge in [-0.3, -0.25) is 9.59 Å². The molecule has 1 aromatic carbocycles. The molecule has 0 aliphatic carbocycles. The summed E-state index contributed by atoms with van der Waals surface area (Å²) in [6, 6.07) is 9.55. The van der Waals surface area contributed by atoms with Crippen molar-refractivity contribution in [2.45, 2.75) is 26.7 Å². The van der Waals surface area contributed by atoms with Crippen molar-refractivity contribution < 1.29 is 14.7 Å². The molecule has 1 N–H and O–H groups in total. The third-order valence-electron chi connectivity index (χ3n) is 4.87. The molecule has 1 amide bonds. The van der Waals surface area contributed by atoms with E-state index in [1.165, 1.54) is 0 Å². The van der Waals surface area contributed by atoms with Gasteiger partial charge in [0, 0.05) is 19.7 Å². The number of carbonyl (C=O) groups is 2. The number of benzene rings is 1. The number of hydrogen-bond acceptors (Lipinski definition) is 4. The van der Waals surface area contributed by atoms with Crippen LogP contribution in [0.2, 0.25) is 0 Å². The molecule has 0 saturated carbocycles. The normalized spacial score (nSPS) is 15.4. The maximum atomic E-state index is 12.8. The number of Topliss-reactive ketones (excluding diaryl/α,β-unsaturated/α-hetero) is 1. The Morgan fingerprint density at radius 3 is 2.40 bits per heavy atom. The van der Waals surface area contributed by atoms with Crippen molar-refractivity contribution in [2.24, 2.45) is 5.92 Å². The Balaban J connectivity index is 1.83. The van der Waals surface area contributed by atoms with Crippen molar-refractivity contribution in [3.8, 4) is 5.69 Å². The van der Waals surface area contributed by atoms with E-state index < -0.39 is 11.7 Å². The zero-order chi connectivity index (χ0) is 18.0. The van der Waals surface area contributed by atoms with Crippen molar-refractivity contribution in [1.82, 2.24) is 14.7 Å². The average Bonchev–Trinajstić information content (AvgIpc) is 2.95. The summed E-state index contributed by atoms with van der Waals surface area (Å²) in [6.07, 6.45) is 1.47. The molecule has 1 aromatic heterocycles. The van der Waals surface area contributed by atoms with E-state index in [-0.39, 0.29) is 12.5 Å². The molecule has 1 saturated heterocycles. The van der Waals surface area contributed by atoms with E-state index in [0.29, 0.717) is 30.0 Å². The Labute approximate surface area is 147 Å². The molecule has 0 unspecified atom stereocenters. The van der Waals surface area contributed by atoms with Crippen molar-refractivity contribution in [1.29, 1.82) is 0 Å². The highest BCUT2D eigenvalue weighted by atomic mass is 16.3. The van der Waals surface area contributed by atoms with Crippen LogP contribution >= 0.6 is 0 Å². The van der Waals surface area contributed by atoms with E-state index in [9.17, 15) is 14.7 Å². The Morgan fingerprint density at radius 1 is 1.16 bits per heavy atom. The second-order valence-electron chi connectivity index (χ2n) is 6.54. The van der Waals surface area contributed by atoms with E-state index in [1.54, 1.807) is 16.5 Å². The molecule has 2 heterocycles. The standard InChI is InChI=1S/C19H23N3O3/c1-13-17(14(2)22(20-13)16-6-4-3-5-7-16)18(24)19(25)21-10-8-15(12-23)9-11-21/h3-7,15,23H,8-12H2,1-2H3. The van der Waals surface area contributed by atoms with Crippen LogP contribution < -0.4 is 0 Å².